The summed E-state index contributed by atoms with van der Waals surface area (Å²) in [5.41, 5.74) is 10.3. The first-order chi connectivity index (χ1) is 7.45. The zero-order chi connectivity index (χ0) is 12.3. The summed E-state index contributed by atoms with van der Waals surface area (Å²) in [6.07, 6.45) is 2.12. The molecule has 92 valence electrons. The van der Waals surface area contributed by atoms with Gasteiger partial charge in [-0.15, -0.1) is 0 Å². The number of hydrogen-bond donors (Lipinski definition) is 1. The Morgan fingerprint density at radius 2 is 1.94 bits per heavy atom. The van der Waals surface area contributed by atoms with Gasteiger partial charge in [0.25, 0.3) is 0 Å². The van der Waals surface area contributed by atoms with Gasteiger partial charge in [-0.2, -0.15) is 0 Å². The third kappa shape index (κ3) is 3.11. The first-order valence-corrected chi connectivity index (χ1v) is 6.36. The van der Waals surface area contributed by atoms with E-state index in [9.17, 15) is 0 Å². The van der Waals surface area contributed by atoms with Gasteiger partial charge in [-0.1, -0.05) is 13.8 Å². The number of aromatic nitrogens is 1. The minimum atomic E-state index is 0.297. The zero-order valence-electron chi connectivity index (χ0n) is 11.4. The molecule has 1 aromatic heterocycles. The molecule has 0 saturated heterocycles. The van der Waals surface area contributed by atoms with E-state index in [0.717, 1.165) is 19.4 Å². The molecule has 0 fully saturated rings. The quantitative estimate of drug-likeness (QED) is 0.815. The van der Waals surface area contributed by atoms with Crippen molar-refractivity contribution in [1.29, 1.82) is 0 Å². The fourth-order valence-electron chi connectivity index (χ4n) is 2.54. The van der Waals surface area contributed by atoms with Crippen LogP contribution < -0.4 is 5.73 Å². The van der Waals surface area contributed by atoms with Crippen LogP contribution in [0.15, 0.2) is 6.07 Å². The number of hydrogen-bond acceptors (Lipinski definition) is 1. The molecule has 0 aromatic carbocycles. The Hall–Kier alpha value is -0.760. The van der Waals surface area contributed by atoms with E-state index in [2.05, 4.69) is 45.3 Å². The summed E-state index contributed by atoms with van der Waals surface area (Å²) in [4.78, 5) is 0. The van der Waals surface area contributed by atoms with Crippen LogP contribution in [0.4, 0.5) is 0 Å². The standard InChI is InChI=1S/C14H26N2/c1-6-16-11(4)8-13(12(16)5)9-14(15)7-10(2)3/h8,10,14H,6-7,9,15H2,1-5H3. The largest absolute Gasteiger partial charge is 0.349 e. The fourth-order valence-corrected chi connectivity index (χ4v) is 2.54. The summed E-state index contributed by atoms with van der Waals surface area (Å²) >= 11 is 0. The van der Waals surface area contributed by atoms with Crippen molar-refractivity contribution in [2.24, 2.45) is 11.7 Å². The Bertz CT molecular complexity index is 337. The summed E-state index contributed by atoms with van der Waals surface area (Å²) in [6, 6.07) is 2.59. The molecule has 0 bridgehead atoms. The maximum Gasteiger partial charge on any atom is 0.0196 e. The van der Waals surface area contributed by atoms with Crippen molar-refractivity contribution in [1.82, 2.24) is 4.57 Å². The van der Waals surface area contributed by atoms with Crippen LogP contribution in [0, 0.1) is 19.8 Å². The van der Waals surface area contributed by atoms with Crippen LogP contribution in [0.5, 0.6) is 0 Å². The highest BCUT2D eigenvalue weighted by molar-refractivity contribution is 5.27. The van der Waals surface area contributed by atoms with Gasteiger partial charge >= 0.3 is 0 Å². The second-order valence-corrected chi connectivity index (χ2v) is 5.23. The minimum Gasteiger partial charge on any atom is -0.349 e. The van der Waals surface area contributed by atoms with Crippen molar-refractivity contribution in [2.75, 3.05) is 0 Å². The third-order valence-electron chi connectivity index (χ3n) is 3.25. The lowest BCUT2D eigenvalue weighted by Gasteiger charge is -2.14. The normalized spacial score (nSPS) is 13.4. The predicted molar refractivity (Wildman–Crippen MR) is 70.7 cm³/mol. The van der Waals surface area contributed by atoms with Crippen LogP contribution in [0.3, 0.4) is 0 Å². The van der Waals surface area contributed by atoms with Crippen molar-refractivity contribution in [3.63, 3.8) is 0 Å². The topological polar surface area (TPSA) is 30.9 Å². The smallest absolute Gasteiger partial charge is 0.0196 e. The second-order valence-electron chi connectivity index (χ2n) is 5.23. The summed E-state index contributed by atoms with van der Waals surface area (Å²) in [6.45, 7) is 12.1. The van der Waals surface area contributed by atoms with E-state index >= 15 is 0 Å². The third-order valence-corrected chi connectivity index (χ3v) is 3.25. The van der Waals surface area contributed by atoms with Gasteiger partial charge in [-0.05, 0) is 51.2 Å². The molecule has 16 heavy (non-hydrogen) atoms. The molecular weight excluding hydrogens is 196 g/mol. The van der Waals surface area contributed by atoms with E-state index in [4.69, 9.17) is 5.73 Å². The summed E-state index contributed by atoms with van der Waals surface area (Å²) in [7, 11) is 0. The maximum atomic E-state index is 6.17. The molecule has 0 amide bonds. The van der Waals surface area contributed by atoms with Gasteiger partial charge in [0.15, 0.2) is 0 Å². The molecule has 0 radical (unpaired) electrons. The maximum absolute atomic E-state index is 6.17. The number of nitrogens with two attached hydrogens (primary N) is 1. The fraction of sp³-hybridized carbons (Fsp3) is 0.714. The van der Waals surface area contributed by atoms with Crippen LogP contribution in [-0.4, -0.2) is 10.6 Å². The summed E-state index contributed by atoms with van der Waals surface area (Å²) in [5.74, 6) is 0.685. The highest BCUT2D eigenvalue weighted by Gasteiger charge is 2.12. The molecule has 2 heteroatoms. The Labute approximate surface area is 99.8 Å². The Morgan fingerprint density at radius 1 is 1.31 bits per heavy atom. The van der Waals surface area contributed by atoms with Gasteiger partial charge in [0.2, 0.25) is 0 Å². The van der Waals surface area contributed by atoms with Crippen LogP contribution in [0.1, 0.15) is 44.1 Å². The van der Waals surface area contributed by atoms with Crippen LogP contribution >= 0.6 is 0 Å². The van der Waals surface area contributed by atoms with E-state index in [1.807, 2.05) is 0 Å². The number of nitrogens with zero attached hydrogens (tertiary/aromatic N) is 1. The monoisotopic (exact) mass is 222 g/mol. The van der Waals surface area contributed by atoms with E-state index < -0.39 is 0 Å². The second kappa shape index (κ2) is 5.53. The average Bonchev–Trinajstić information content (AvgIpc) is 2.40. The molecule has 2 N–H and O–H groups in total. The lowest BCUT2D eigenvalue weighted by atomic mass is 9.98. The molecule has 0 aliphatic rings. The van der Waals surface area contributed by atoms with Crippen molar-refractivity contribution < 1.29 is 0 Å². The summed E-state index contributed by atoms with van der Waals surface area (Å²) in [5, 5.41) is 0. The Morgan fingerprint density at radius 3 is 2.38 bits per heavy atom. The van der Waals surface area contributed by atoms with Gasteiger partial charge in [-0.3, -0.25) is 0 Å². The van der Waals surface area contributed by atoms with Crippen LogP contribution in [0.2, 0.25) is 0 Å². The molecule has 1 unspecified atom stereocenters. The zero-order valence-corrected chi connectivity index (χ0v) is 11.4. The van der Waals surface area contributed by atoms with Gasteiger partial charge in [0, 0.05) is 24.0 Å². The van der Waals surface area contributed by atoms with E-state index in [0.29, 0.717) is 12.0 Å². The molecule has 1 atom stereocenters. The molecule has 0 aliphatic carbocycles. The molecule has 1 aromatic rings. The Balaban J connectivity index is 2.74. The molecule has 1 heterocycles. The van der Waals surface area contributed by atoms with Gasteiger partial charge in [-0.25, -0.2) is 0 Å². The number of aryl methyl sites for hydroxylation is 1. The highest BCUT2D eigenvalue weighted by atomic mass is 15.0. The van der Waals surface area contributed by atoms with E-state index in [-0.39, 0.29) is 0 Å². The van der Waals surface area contributed by atoms with Gasteiger partial charge in [0.1, 0.15) is 0 Å². The SMILES string of the molecule is CCn1c(C)cc(CC(N)CC(C)C)c1C. The molecule has 0 aliphatic heterocycles. The minimum absolute atomic E-state index is 0.297. The molecule has 0 spiro atoms. The van der Waals surface area contributed by atoms with Crippen molar-refractivity contribution >= 4 is 0 Å². The molecule has 0 saturated carbocycles. The molecular formula is C14H26N2. The Kier molecular flexibility index (Phi) is 4.60. The average molecular weight is 222 g/mol. The van der Waals surface area contributed by atoms with E-state index in [1.165, 1.54) is 17.0 Å². The van der Waals surface area contributed by atoms with Crippen molar-refractivity contribution in [3.8, 4) is 0 Å². The highest BCUT2D eigenvalue weighted by Crippen LogP contribution is 2.18. The molecule has 1 rings (SSSR count). The lowest BCUT2D eigenvalue weighted by Crippen LogP contribution is -2.24. The summed E-state index contributed by atoms with van der Waals surface area (Å²) < 4.78 is 2.36. The predicted octanol–water partition coefficient (Wildman–Crippen LogP) is 3.04. The van der Waals surface area contributed by atoms with Crippen LogP contribution in [-0.2, 0) is 13.0 Å². The van der Waals surface area contributed by atoms with Gasteiger partial charge in [0.05, 0.1) is 0 Å². The molecule has 2 nitrogen and oxygen atoms in total. The number of rotatable bonds is 5. The van der Waals surface area contributed by atoms with Crippen molar-refractivity contribution in [2.45, 2.75) is 60.0 Å². The van der Waals surface area contributed by atoms with Gasteiger partial charge < -0.3 is 10.3 Å². The lowest BCUT2D eigenvalue weighted by molar-refractivity contribution is 0.492. The first kappa shape index (κ1) is 13.3. The van der Waals surface area contributed by atoms with Crippen molar-refractivity contribution in [3.05, 3.63) is 23.0 Å². The van der Waals surface area contributed by atoms with E-state index in [1.54, 1.807) is 0 Å². The first-order valence-electron chi connectivity index (χ1n) is 6.36. The van der Waals surface area contributed by atoms with Crippen LogP contribution in [0.25, 0.3) is 0 Å².